The second-order valence-electron chi connectivity index (χ2n) is 3.69. The smallest absolute Gasteiger partial charge is 0.141 e. The minimum atomic E-state index is -0.413. The van der Waals surface area contributed by atoms with Crippen LogP contribution in [0.4, 0.5) is 4.39 Å². The van der Waals surface area contributed by atoms with Gasteiger partial charge in [-0.15, -0.1) is 0 Å². The number of nitrogens with two attached hydrogens (primary N) is 1. The van der Waals surface area contributed by atoms with Crippen molar-refractivity contribution in [2.75, 3.05) is 7.11 Å². The SMILES string of the molecule is COc1cncc(C(NN)c2cncc(F)c2)c1. The number of nitrogens with one attached hydrogen (secondary N) is 1. The van der Waals surface area contributed by atoms with Crippen LogP contribution < -0.4 is 16.0 Å². The fourth-order valence-corrected chi connectivity index (χ4v) is 1.68. The van der Waals surface area contributed by atoms with E-state index in [0.29, 0.717) is 11.3 Å². The minimum Gasteiger partial charge on any atom is -0.495 e. The number of nitrogens with zero attached hydrogens (tertiary/aromatic N) is 2. The molecular weight excluding hydrogens is 235 g/mol. The molecule has 0 bridgehead atoms. The molecular formula is C12H13FN4O. The number of hydrogen-bond acceptors (Lipinski definition) is 5. The molecule has 2 aromatic rings. The standard InChI is InChI=1S/C12H13FN4O/c1-18-11-3-9(5-16-7-11)12(17-14)8-2-10(13)6-15-4-8/h2-7,12,17H,14H2,1H3. The van der Waals surface area contributed by atoms with Gasteiger partial charge < -0.3 is 4.74 Å². The predicted octanol–water partition coefficient (Wildman–Crippen LogP) is 1.18. The van der Waals surface area contributed by atoms with Crippen LogP contribution in [0.2, 0.25) is 0 Å². The molecule has 94 valence electrons. The largest absolute Gasteiger partial charge is 0.495 e. The second-order valence-corrected chi connectivity index (χ2v) is 3.69. The van der Waals surface area contributed by atoms with Gasteiger partial charge in [0.05, 0.1) is 25.5 Å². The average molecular weight is 248 g/mol. The summed E-state index contributed by atoms with van der Waals surface area (Å²) in [7, 11) is 1.55. The van der Waals surface area contributed by atoms with Crippen LogP contribution in [0.3, 0.4) is 0 Å². The van der Waals surface area contributed by atoms with Gasteiger partial charge in [-0.25, -0.2) is 9.82 Å². The summed E-state index contributed by atoms with van der Waals surface area (Å²) in [5.41, 5.74) is 4.00. The molecule has 0 fully saturated rings. The molecule has 3 N–H and O–H groups in total. The number of methoxy groups -OCH3 is 1. The summed E-state index contributed by atoms with van der Waals surface area (Å²) in [5, 5.41) is 0. The summed E-state index contributed by atoms with van der Waals surface area (Å²) < 4.78 is 18.2. The lowest BCUT2D eigenvalue weighted by Gasteiger charge is -2.16. The van der Waals surface area contributed by atoms with Crippen LogP contribution in [0.1, 0.15) is 17.2 Å². The first kappa shape index (κ1) is 12.4. The maximum Gasteiger partial charge on any atom is 0.141 e. The lowest BCUT2D eigenvalue weighted by atomic mass is 10.0. The monoisotopic (exact) mass is 248 g/mol. The Morgan fingerprint density at radius 3 is 2.44 bits per heavy atom. The molecule has 0 saturated carbocycles. The van der Waals surface area contributed by atoms with E-state index in [2.05, 4.69) is 15.4 Å². The molecule has 18 heavy (non-hydrogen) atoms. The lowest BCUT2D eigenvalue weighted by Crippen LogP contribution is -2.29. The van der Waals surface area contributed by atoms with E-state index in [9.17, 15) is 4.39 Å². The van der Waals surface area contributed by atoms with Gasteiger partial charge in [-0.05, 0) is 23.3 Å². The van der Waals surface area contributed by atoms with Crippen molar-refractivity contribution in [3.05, 3.63) is 53.9 Å². The van der Waals surface area contributed by atoms with Gasteiger partial charge in [-0.1, -0.05) is 0 Å². The molecule has 0 aliphatic heterocycles. The van der Waals surface area contributed by atoms with Crippen LogP contribution in [0.5, 0.6) is 5.75 Å². The fourth-order valence-electron chi connectivity index (χ4n) is 1.68. The van der Waals surface area contributed by atoms with E-state index < -0.39 is 11.9 Å². The maximum absolute atomic E-state index is 13.2. The minimum absolute atomic E-state index is 0.393. The van der Waals surface area contributed by atoms with Crippen molar-refractivity contribution >= 4 is 0 Å². The Morgan fingerprint density at radius 1 is 1.17 bits per heavy atom. The average Bonchev–Trinajstić information content (AvgIpc) is 2.40. The number of hydrogen-bond donors (Lipinski definition) is 2. The second kappa shape index (κ2) is 5.52. The Hall–Kier alpha value is -2.05. The molecule has 0 aromatic carbocycles. The van der Waals surface area contributed by atoms with Crippen molar-refractivity contribution in [1.29, 1.82) is 0 Å². The molecule has 0 radical (unpaired) electrons. The molecule has 1 atom stereocenters. The highest BCUT2D eigenvalue weighted by Gasteiger charge is 2.14. The summed E-state index contributed by atoms with van der Waals surface area (Å²) in [6.45, 7) is 0. The van der Waals surface area contributed by atoms with Crippen molar-refractivity contribution in [2.24, 2.45) is 5.84 Å². The zero-order valence-corrected chi connectivity index (χ0v) is 9.80. The van der Waals surface area contributed by atoms with E-state index in [1.165, 1.54) is 6.07 Å². The molecule has 0 aliphatic rings. The van der Waals surface area contributed by atoms with Crippen LogP contribution in [0.25, 0.3) is 0 Å². The summed E-state index contributed by atoms with van der Waals surface area (Å²) in [6, 6.07) is 2.76. The van der Waals surface area contributed by atoms with E-state index >= 15 is 0 Å². The van der Waals surface area contributed by atoms with Crippen LogP contribution in [0.15, 0.2) is 36.9 Å². The van der Waals surface area contributed by atoms with Gasteiger partial charge in [-0.3, -0.25) is 15.8 Å². The lowest BCUT2D eigenvalue weighted by molar-refractivity contribution is 0.411. The Labute approximate surface area is 104 Å². The number of pyridine rings is 2. The molecule has 0 saturated heterocycles. The van der Waals surface area contributed by atoms with Gasteiger partial charge in [0.2, 0.25) is 0 Å². The molecule has 2 heterocycles. The highest BCUT2D eigenvalue weighted by molar-refractivity contribution is 5.32. The van der Waals surface area contributed by atoms with Crippen molar-refractivity contribution < 1.29 is 9.13 Å². The molecule has 2 aromatic heterocycles. The van der Waals surface area contributed by atoms with E-state index in [-0.39, 0.29) is 0 Å². The number of halogens is 1. The number of rotatable bonds is 4. The van der Waals surface area contributed by atoms with Gasteiger partial charge in [0, 0.05) is 12.4 Å². The van der Waals surface area contributed by atoms with Crippen molar-refractivity contribution in [3.8, 4) is 5.75 Å². The Bertz CT molecular complexity index is 535. The zero-order valence-electron chi connectivity index (χ0n) is 9.80. The van der Waals surface area contributed by atoms with Gasteiger partial charge in [-0.2, -0.15) is 0 Å². The first-order chi connectivity index (χ1) is 8.74. The third-order valence-electron chi connectivity index (χ3n) is 2.53. The van der Waals surface area contributed by atoms with Gasteiger partial charge in [0.25, 0.3) is 0 Å². The van der Waals surface area contributed by atoms with E-state index in [1.54, 1.807) is 31.8 Å². The number of hydrazine groups is 1. The third kappa shape index (κ3) is 2.61. The summed E-state index contributed by atoms with van der Waals surface area (Å²) >= 11 is 0. The first-order valence-corrected chi connectivity index (χ1v) is 5.30. The molecule has 0 spiro atoms. The molecule has 1 unspecified atom stereocenters. The Morgan fingerprint density at radius 2 is 1.83 bits per heavy atom. The Kier molecular flexibility index (Phi) is 3.81. The van der Waals surface area contributed by atoms with E-state index in [0.717, 1.165) is 11.8 Å². The molecule has 2 rings (SSSR count). The molecule has 0 aliphatic carbocycles. The summed E-state index contributed by atoms with van der Waals surface area (Å²) in [6.07, 6.45) is 5.91. The third-order valence-corrected chi connectivity index (χ3v) is 2.53. The van der Waals surface area contributed by atoms with Gasteiger partial charge in [0.1, 0.15) is 11.6 Å². The highest BCUT2D eigenvalue weighted by atomic mass is 19.1. The van der Waals surface area contributed by atoms with Gasteiger partial charge >= 0.3 is 0 Å². The van der Waals surface area contributed by atoms with Crippen molar-refractivity contribution in [3.63, 3.8) is 0 Å². The fraction of sp³-hybridized carbons (Fsp3) is 0.167. The van der Waals surface area contributed by atoms with E-state index in [1.807, 2.05) is 0 Å². The number of aromatic nitrogens is 2. The molecule has 5 nitrogen and oxygen atoms in total. The van der Waals surface area contributed by atoms with Crippen LogP contribution in [-0.2, 0) is 0 Å². The van der Waals surface area contributed by atoms with Crippen LogP contribution in [0, 0.1) is 5.82 Å². The van der Waals surface area contributed by atoms with Crippen molar-refractivity contribution in [2.45, 2.75) is 6.04 Å². The molecule has 6 heteroatoms. The summed E-state index contributed by atoms with van der Waals surface area (Å²) in [4.78, 5) is 7.84. The Balaban J connectivity index is 2.38. The van der Waals surface area contributed by atoms with Crippen molar-refractivity contribution in [1.82, 2.24) is 15.4 Å². The normalized spacial score (nSPS) is 12.2. The number of ether oxygens (including phenoxy) is 1. The summed E-state index contributed by atoms with van der Waals surface area (Å²) in [5.74, 6) is 5.70. The predicted molar refractivity (Wildman–Crippen MR) is 64.2 cm³/mol. The van der Waals surface area contributed by atoms with Gasteiger partial charge in [0.15, 0.2) is 0 Å². The van der Waals surface area contributed by atoms with E-state index in [4.69, 9.17) is 10.6 Å². The quantitative estimate of drug-likeness (QED) is 0.628. The van der Waals surface area contributed by atoms with Crippen LogP contribution >= 0.6 is 0 Å². The van der Waals surface area contributed by atoms with Crippen LogP contribution in [-0.4, -0.2) is 17.1 Å². The maximum atomic E-state index is 13.2. The highest BCUT2D eigenvalue weighted by Crippen LogP contribution is 2.23. The first-order valence-electron chi connectivity index (χ1n) is 5.30. The topological polar surface area (TPSA) is 73.1 Å². The zero-order chi connectivity index (χ0) is 13.0. The molecule has 0 amide bonds.